The minimum absolute atomic E-state index is 0.114. The first-order chi connectivity index (χ1) is 13.1. The third kappa shape index (κ3) is 6.02. The van der Waals surface area contributed by atoms with E-state index in [1.165, 1.54) is 0 Å². The van der Waals surface area contributed by atoms with Crippen molar-refractivity contribution in [3.8, 4) is 0 Å². The van der Waals surface area contributed by atoms with Crippen LogP contribution in [0.2, 0.25) is 0 Å². The summed E-state index contributed by atoms with van der Waals surface area (Å²) in [5.41, 5.74) is 4.05. The summed E-state index contributed by atoms with van der Waals surface area (Å²) < 4.78 is 12.3. The van der Waals surface area contributed by atoms with E-state index in [-0.39, 0.29) is 25.0 Å². The Morgan fingerprint density at radius 2 is 1.93 bits per heavy atom. The van der Waals surface area contributed by atoms with Crippen LogP contribution in [0.1, 0.15) is 47.3 Å². The SMILES string of the molecule is CCOCOCC(CCC(=O)NO)c1cccn1C(=O)c1ccc(C)cc1. The lowest BCUT2D eigenvalue weighted by molar-refractivity contribution is -0.129. The fraction of sp³-hybridized carbons (Fsp3) is 0.400. The third-order valence-electron chi connectivity index (χ3n) is 4.25. The van der Waals surface area contributed by atoms with Gasteiger partial charge in [0.1, 0.15) is 6.79 Å². The van der Waals surface area contributed by atoms with Crippen LogP contribution in [-0.2, 0) is 14.3 Å². The van der Waals surface area contributed by atoms with Gasteiger partial charge in [0.05, 0.1) is 6.61 Å². The van der Waals surface area contributed by atoms with Gasteiger partial charge in [-0.15, -0.1) is 0 Å². The van der Waals surface area contributed by atoms with Crippen molar-refractivity contribution in [2.24, 2.45) is 0 Å². The molecule has 1 heterocycles. The zero-order valence-electron chi connectivity index (χ0n) is 15.7. The van der Waals surface area contributed by atoms with Gasteiger partial charge in [0.15, 0.2) is 0 Å². The highest BCUT2D eigenvalue weighted by atomic mass is 16.7. The Bertz CT molecular complexity index is 739. The monoisotopic (exact) mass is 374 g/mol. The minimum atomic E-state index is -0.479. The van der Waals surface area contributed by atoms with Gasteiger partial charge in [-0.1, -0.05) is 17.7 Å². The lowest BCUT2D eigenvalue weighted by Crippen LogP contribution is -2.23. The normalized spacial score (nSPS) is 12.0. The molecule has 27 heavy (non-hydrogen) atoms. The lowest BCUT2D eigenvalue weighted by Gasteiger charge is -2.19. The van der Waals surface area contributed by atoms with Crippen molar-refractivity contribution in [1.82, 2.24) is 10.0 Å². The molecule has 0 bridgehead atoms. The summed E-state index contributed by atoms with van der Waals surface area (Å²) in [5, 5.41) is 8.73. The highest BCUT2D eigenvalue weighted by molar-refractivity contribution is 5.96. The number of nitrogens with zero attached hydrogens (tertiary/aromatic N) is 1. The number of ether oxygens (including phenoxy) is 2. The van der Waals surface area contributed by atoms with Crippen molar-refractivity contribution in [2.75, 3.05) is 20.0 Å². The number of rotatable bonds is 10. The molecule has 1 unspecified atom stereocenters. The molecule has 146 valence electrons. The molecule has 0 aliphatic heterocycles. The summed E-state index contributed by atoms with van der Waals surface area (Å²) in [7, 11) is 0. The highest BCUT2D eigenvalue weighted by Gasteiger charge is 2.21. The van der Waals surface area contributed by atoms with Crippen molar-refractivity contribution < 1.29 is 24.3 Å². The third-order valence-corrected chi connectivity index (χ3v) is 4.25. The molecule has 1 aromatic heterocycles. The van der Waals surface area contributed by atoms with Crippen molar-refractivity contribution in [1.29, 1.82) is 0 Å². The van der Waals surface area contributed by atoms with Gasteiger partial charge in [-0.2, -0.15) is 0 Å². The van der Waals surface area contributed by atoms with Crippen LogP contribution in [0.5, 0.6) is 0 Å². The summed E-state index contributed by atoms with van der Waals surface area (Å²) in [6, 6.07) is 11.0. The van der Waals surface area contributed by atoms with E-state index in [9.17, 15) is 9.59 Å². The number of aromatic nitrogens is 1. The fourth-order valence-electron chi connectivity index (χ4n) is 2.76. The molecule has 0 fully saturated rings. The molecule has 0 aliphatic carbocycles. The average molecular weight is 374 g/mol. The maximum atomic E-state index is 12.9. The van der Waals surface area contributed by atoms with Crippen molar-refractivity contribution in [3.05, 3.63) is 59.4 Å². The molecule has 0 saturated heterocycles. The molecule has 2 N–H and O–H groups in total. The van der Waals surface area contributed by atoms with E-state index >= 15 is 0 Å². The van der Waals surface area contributed by atoms with E-state index in [0.717, 1.165) is 11.3 Å². The van der Waals surface area contributed by atoms with Crippen LogP contribution in [-0.4, -0.2) is 41.6 Å². The van der Waals surface area contributed by atoms with Crippen molar-refractivity contribution in [3.63, 3.8) is 0 Å². The van der Waals surface area contributed by atoms with Crippen LogP contribution in [0.15, 0.2) is 42.6 Å². The van der Waals surface area contributed by atoms with E-state index in [1.54, 1.807) is 34.4 Å². The van der Waals surface area contributed by atoms with Gasteiger partial charge in [0, 0.05) is 36.4 Å². The smallest absolute Gasteiger partial charge is 0.262 e. The van der Waals surface area contributed by atoms with Gasteiger partial charge in [-0.25, -0.2) is 5.48 Å². The van der Waals surface area contributed by atoms with Crippen LogP contribution >= 0.6 is 0 Å². The Kier molecular flexibility index (Phi) is 8.19. The standard InChI is InChI=1S/C20H26N2O5/c1-3-26-14-27-13-17(10-11-19(23)21-25)18-5-4-12-22(18)20(24)16-8-6-15(2)7-9-16/h4-9,12,17,25H,3,10-11,13-14H2,1-2H3,(H,21,23). The second-order valence-corrected chi connectivity index (χ2v) is 6.23. The van der Waals surface area contributed by atoms with E-state index < -0.39 is 5.91 Å². The average Bonchev–Trinajstić information content (AvgIpc) is 3.16. The first kappa shape index (κ1) is 20.8. The lowest BCUT2D eigenvalue weighted by atomic mass is 9.99. The Morgan fingerprint density at radius 1 is 1.19 bits per heavy atom. The van der Waals surface area contributed by atoms with E-state index in [0.29, 0.717) is 25.2 Å². The number of aryl methyl sites for hydroxylation is 1. The number of hydrogen-bond donors (Lipinski definition) is 2. The number of hydrogen-bond acceptors (Lipinski definition) is 5. The largest absolute Gasteiger partial charge is 0.356 e. The predicted octanol–water partition coefficient (Wildman–Crippen LogP) is 2.86. The molecule has 7 nitrogen and oxygen atoms in total. The molecular formula is C20H26N2O5. The summed E-state index contributed by atoms with van der Waals surface area (Å²) in [4.78, 5) is 24.3. The maximum Gasteiger partial charge on any atom is 0.262 e. The highest BCUT2D eigenvalue weighted by Crippen LogP contribution is 2.24. The first-order valence-electron chi connectivity index (χ1n) is 8.93. The van der Waals surface area contributed by atoms with Gasteiger partial charge < -0.3 is 9.47 Å². The molecule has 0 saturated carbocycles. The molecule has 1 amide bonds. The Balaban J connectivity index is 2.18. The molecule has 0 aliphatic rings. The molecule has 2 rings (SSSR count). The predicted molar refractivity (Wildman–Crippen MR) is 99.7 cm³/mol. The van der Waals surface area contributed by atoms with Gasteiger partial charge in [0.2, 0.25) is 5.91 Å². The number of hydroxylamine groups is 1. The Morgan fingerprint density at radius 3 is 2.59 bits per heavy atom. The van der Waals surface area contributed by atoms with Crippen LogP contribution in [0, 0.1) is 6.92 Å². The molecule has 2 aromatic rings. The summed E-state index contributed by atoms with van der Waals surface area (Å²) in [6.07, 6.45) is 2.24. The molecule has 0 spiro atoms. The van der Waals surface area contributed by atoms with Gasteiger partial charge in [-0.05, 0) is 44.5 Å². The first-order valence-corrected chi connectivity index (χ1v) is 8.93. The van der Waals surface area contributed by atoms with Gasteiger partial charge in [0.25, 0.3) is 5.91 Å². The Hall–Kier alpha value is -2.48. The molecular weight excluding hydrogens is 348 g/mol. The molecule has 7 heteroatoms. The fourth-order valence-corrected chi connectivity index (χ4v) is 2.76. The minimum Gasteiger partial charge on any atom is -0.356 e. The Labute approximate surface area is 158 Å². The number of amides is 1. The molecule has 1 aromatic carbocycles. The number of carbonyl (C=O) groups excluding carboxylic acids is 2. The molecule has 1 atom stereocenters. The number of benzene rings is 1. The maximum absolute atomic E-state index is 12.9. The summed E-state index contributed by atoms with van der Waals surface area (Å²) >= 11 is 0. The van der Waals surface area contributed by atoms with Crippen LogP contribution in [0.3, 0.4) is 0 Å². The van der Waals surface area contributed by atoms with Crippen molar-refractivity contribution in [2.45, 2.75) is 32.6 Å². The van der Waals surface area contributed by atoms with Crippen LogP contribution in [0.25, 0.3) is 0 Å². The van der Waals surface area contributed by atoms with E-state index in [1.807, 2.05) is 32.0 Å². The summed E-state index contributed by atoms with van der Waals surface area (Å²) in [6.45, 7) is 4.82. The number of nitrogens with one attached hydrogen (secondary N) is 1. The second kappa shape index (κ2) is 10.6. The van der Waals surface area contributed by atoms with E-state index in [2.05, 4.69) is 0 Å². The summed E-state index contributed by atoms with van der Waals surface area (Å²) in [5.74, 6) is -0.823. The van der Waals surface area contributed by atoms with Crippen LogP contribution in [0.4, 0.5) is 0 Å². The topological polar surface area (TPSA) is 89.8 Å². The quantitative estimate of drug-likeness (QED) is 0.289. The van der Waals surface area contributed by atoms with Crippen molar-refractivity contribution >= 4 is 11.8 Å². The zero-order chi connectivity index (χ0) is 19.6. The van der Waals surface area contributed by atoms with E-state index in [4.69, 9.17) is 14.7 Å². The van der Waals surface area contributed by atoms with Gasteiger partial charge >= 0.3 is 0 Å². The van der Waals surface area contributed by atoms with Crippen LogP contribution < -0.4 is 5.48 Å². The van der Waals surface area contributed by atoms with Gasteiger partial charge in [-0.3, -0.25) is 19.4 Å². The molecule has 0 radical (unpaired) electrons. The number of carbonyl (C=O) groups is 2. The zero-order valence-corrected chi connectivity index (χ0v) is 15.7. The second-order valence-electron chi connectivity index (χ2n) is 6.23.